The van der Waals surface area contributed by atoms with E-state index >= 15 is 0 Å². The molecule has 0 aromatic rings. The van der Waals surface area contributed by atoms with E-state index in [1.54, 1.807) is 4.90 Å². The molecule has 0 amide bonds. The summed E-state index contributed by atoms with van der Waals surface area (Å²) < 4.78 is 27.9. The number of aliphatic hydroxyl groups is 1. The maximum absolute atomic E-state index is 11.6. The normalized spacial score (nSPS) is 25.3. The number of sulfone groups is 1. The third-order valence-corrected chi connectivity index (χ3v) is 4.89. The van der Waals surface area contributed by atoms with Crippen LogP contribution in [0.15, 0.2) is 0 Å². The second kappa shape index (κ2) is 6.49. The van der Waals surface area contributed by atoms with Crippen molar-refractivity contribution >= 4 is 15.8 Å². The van der Waals surface area contributed by atoms with E-state index in [0.717, 1.165) is 0 Å². The minimum Gasteiger partial charge on any atom is -0.468 e. The SMILES string of the molecule is CCCS(=O)(=O)CCN1CC(O)CC1C(=O)OC. The molecule has 1 rings (SSSR count). The zero-order chi connectivity index (χ0) is 13.8. The fourth-order valence-corrected chi connectivity index (χ4v) is 3.52. The van der Waals surface area contributed by atoms with Gasteiger partial charge in [0.2, 0.25) is 0 Å². The molecule has 0 aromatic carbocycles. The van der Waals surface area contributed by atoms with Gasteiger partial charge in [-0.1, -0.05) is 6.92 Å². The van der Waals surface area contributed by atoms with Gasteiger partial charge in [-0.3, -0.25) is 9.69 Å². The Hall–Kier alpha value is -0.660. The zero-order valence-electron chi connectivity index (χ0n) is 10.8. The maximum Gasteiger partial charge on any atom is 0.323 e. The molecular formula is C11H21NO5S. The van der Waals surface area contributed by atoms with Crippen LogP contribution in [0, 0.1) is 0 Å². The molecule has 0 aliphatic carbocycles. The average Bonchev–Trinajstić information content (AvgIpc) is 2.67. The summed E-state index contributed by atoms with van der Waals surface area (Å²) in [4.78, 5) is 13.2. The van der Waals surface area contributed by atoms with E-state index < -0.39 is 28.0 Å². The lowest BCUT2D eigenvalue weighted by atomic mass is 10.2. The summed E-state index contributed by atoms with van der Waals surface area (Å²) in [6, 6.07) is -0.526. The van der Waals surface area contributed by atoms with Crippen LogP contribution in [0.25, 0.3) is 0 Å². The molecule has 0 saturated carbocycles. The second-order valence-electron chi connectivity index (χ2n) is 4.58. The molecule has 1 saturated heterocycles. The van der Waals surface area contributed by atoms with E-state index in [4.69, 9.17) is 0 Å². The summed E-state index contributed by atoms with van der Waals surface area (Å²) in [5.41, 5.74) is 0. The van der Waals surface area contributed by atoms with Crippen molar-refractivity contribution in [2.24, 2.45) is 0 Å². The van der Waals surface area contributed by atoms with Crippen molar-refractivity contribution in [3.05, 3.63) is 0 Å². The summed E-state index contributed by atoms with van der Waals surface area (Å²) in [5, 5.41) is 9.55. The molecule has 0 bridgehead atoms. The molecule has 1 N–H and O–H groups in total. The van der Waals surface area contributed by atoms with Gasteiger partial charge in [0.1, 0.15) is 6.04 Å². The van der Waals surface area contributed by atoms with Crippen LogP contribution in [-0.2, 0) is 19.4 Å². The van der Waals surface area contributed by atoms with Crippen LogP contribution in [0.4, 0.5) is 0 Å². The van der Waals surface area contributed by atoms with Gasteiger partial charge in [-0.2, -0.15) is 0 Å². The van der Waals surface area contributed by atoms with Crippen molar-refractivity contribution in [2.75, 3.05) is 31.7 Å². The van der Waals surface area contributed by atoms with Gasteiger partial charge in [0.05, 0.1) is 19.0 Å². The lowest BCUT2D eigenvalue weighted by Gasteiger charge is -2.21. The standard InChI is InChI=1S/C11H21NO5S/c1-3-5-18(15,16)6-4-12-8-9(13)7-10(12)11(14)17-2/h9-10,13H,3-8H2,1-2H3. The van der Waals surface area contributed by atoms with Gasteiger partial charge in [0, 0.05) is 25.3 Å². The number of hydrogen-bond acceptors (Lipinski definition) is 6. The number of hydrogen-bond donors (Lipinski definition) is 1. The fourth-order valence-electron chi connectivity index (χ4n) is 2.18. The zero-order valence-corrected chi connectivity index (χ0v) is 11.6. The number of carbonyl (C=O) groups is 1. The van der Waals surface area contributed by atoms with Gasteiger partial charge >= 0.3 is 5.97 Å². The Bertz CT molecular complexity index is 381. The number of nitrogens with zero attached hydrogens (tertiary/aromatic N) is 1. The van der Waals surface area contributed by atoms with Gasteiger partial charge in [-0.25, -0.2) is 8.42 Å². The van der Waals surface area contributed by atoms with E-state index in [2.05, 4.69) is 4.74 Å². The van der Waals surface area contributed by atoms with Crippen LogP contribution >= 0.6 is 0 Å². The van der Waals surface area contributed by atoms with E-state index in [9.17, 15) is 18.3 Å². The topological polar surface area (TPSA) is 83.9 Å². The third-order valence-electron chi connectivity index (χ3n) is 3.06. The number of methoxy groups -OCH3 is 1. The van der Waals surface area contributed by atoms with Crippen LogP contribution in [0.5, 0.6) is 0 Å². The van der Waals surface area contributed by atoms with Crippen LogP contribution in [0.2, 0.25) is 0 Å². The molecule has 106 valence electrons. The molecule has 0 radical (unpaired) electrons. The molecular weight excluding hydrogens is 258 g/mol. The monoisotopic (exact) mass is 279 g/mol. The number of β-amino-alcohol motifs (C(OH)–C–C–N with tert-alkyl or cyclic N) is 1. The van der Waals surface area contributed by atoms with E-state index in [0.29, 0.717) is 19.4 Å². The van der Waals surface area contributed by atoms with Crippen molar-refractivity contribution in [1.82, 2.24) is 4.90 Å². The Morgan fingerprint density at radius 1 is 1.44 bits per heavy atom. The Balaban J connectivity index is 2.57. The van der Waals surface area contributed by atoms with Crippen molar-refractivity contribution in [1.29, 1.82) is 0 Å². The van der Waals surface area contributed by atoms with Crippen LogP contribution in [0.1, 0.15) is 19.8 Å². The Kier molecular flexibility index (Phi) is 5.55. The molecule has 1 heterocycles. The molecule has 18 heavy (non-hydrogen) atoms. The first-order valence-electron chi connectivity index (χ1n) is 6.10. The van der Waals surface area contributed by atoms with Gasteiger partial charge in [-0.05, 0) is 6.42 Å². The smallest absolute Gasteiger partial charge is 0.323 e. The largest absolute Gasteiger partial charge is 0.468 e. The maximum atomic E-state index is 11.6. The fraction of sp³-hybridized carbons (Fsp3) is 0.909. The molecule has 0 spiro atoms. The predicted octanol–water partition coefficient (Wildman–Crippen LogP) is -0.581. The highest BCUT2D eigenvalue weighted by Gasteiger charge is 2.36. The van der Waals surface area contributed by atoms with Crippen molar-refractivity contribution in [2.45, 2.75) is 31.9 Å². The minimum absolute atomic E-state index is 0.0149. The summed E-state index contributed by atoms with van der Waals surface area (Å²) >= 11 is 0. The molecule has 2 unspecified atom stereocenters. The van der Waals surface area contributed by atoms with Crippen molar-refractivity contribution < 1.29 is 23.1 Å². The predicted molar refractivity (Wildman–Crippen MR) is 66.9 cm³/mol. The molecule has 6 nitrogen and oxygen atoms in total. The lowest BCUT2D eigenvalue weighted by molar-refractivity contribution is -0.145. The number of aliphatic hydroxyl groups excluding tert-OH is 1. The van der Waals surface area contributed by atoms with Gasteiger partial charge < -0.3 is 9.84 Å². The summed E-state index contributed by atoms with van der Waals surface area (Å²) in [7, 11) is -1.78. The number of esters is 1. The highest BCUT2D eigenvalue weighted by molar-refractivity contribution is 7.91. The van der Waals surface area contributed by atoms with Crippen LogP contribution < -0.4 is 0 Å². The molecule has 7 heteroatoms. The number of ether oxygens (including phenoxy) is 1. The Morgan fingerprint density at radius 3 is 2.67 bits per heavy atom. The second-order valence-corrected chi connectivity index (χ2v) is 6.88. The highest BCUT2D eigenvalue weighted by atomic mass is 32.2. The van der Waals surface area contributed by atoms with Gasteiger partial charge in [-0.15, -0.1) is 0 Å². The van der Waals surface area contributed by atoms with Crippen molar-refractivity contribution in [3.8, 4) is 0 Å². The molecule has 2 atom stereocenters. The first kappa shape index (κ1) is 15.4. The first-order chi connectivity index (χ1) is 8.39. The van der Waals surface area contributed by atoms with E-state index in [-0.39, 0.29) is 18.1 Å². The van der Waals surface area contributed by atoms with E-state index in [1.165, 1.54) is 7.11 Å². The summed E-state index contributed by atoms with van der Waals surface area (Å²) in [6.45, 7) is 2.40. The summed E-state index contributed by atoms with van der Waals surface area (Å²) in [5.74, 6) is -0.243. The summed E-state index contributed by atoms with van der Waals surface area (Å²) in [6.07, 6.45) is 0.300. The number of carbonyl (C=O) groups excluding carboxylic acids is 1. The van der Waals surface area contributed by atoms with Crippen LogP contribution in [0.3, 0.4) is 0 Å². The molecule has 1 fully saturated rings. The quantitative estimate of drug-likeness (QED) is 0.655. The number of likely N-dealkylation sites (tertiary alicyclic amines) is 1. The Labute approximate surface area is 108 Å². The Morgan fingerprint density at radius 2 is 2.11 bits per heavy atom. The van der Waals surface area contributed by atoms with Crippen LogP contribution in [-0.4, -0.2) is 68.2 Å². The molecule has 1 aliphatic rings. The molecule has 0 aromatic heterocycles. The number of rotatable bonds is 6. The highest BCUT2D eigenvalue weighted by Crippen LogP contribution is 2.18. The van der Waals surface area contributed by atoms with Gasteiger partial charge in [0.15, 0.2) is 9.84 Å². The minimum atomic E-state index is -3.07. The van der Waals surface area contributed by atoms with Gasteiger partial charge in [0.25, 0.3) is 0 Å². The van der Waals surface area contributed by atoms with Crippen molar-refractivity contribution in [3.63, 3.8) is 0 Å². The van der Waals surface area contributed by atoms with E-state index in [1.807, 2.05) is 6.92 Å². The lowest BCUT2D eigenvalue weighted by Crippen LogP contribution is -2.39. The average molecular weight is 279 g/mol. The third kappa shape index (κ3) is 4.22. The first-order valence-corrected chi connectivity index (χ1v) is 7.92. The molecule has 1 aliphatic heterocycles.